The molecule has 0 aliphatic carbocycles. The summed E-state index contributed by atoms with van der Waals surface area (Å²) in [7, 11) is -0.534. The first-order valence-electron chi connectivity index (χ1n) is 9.28. The molecular weight excluding hydrogens is 416 g/mol. The molecule has 2 aromatic rings. The number of ether oxygens (including phenoxy) is 2. The smallest absolute Gasteiger partial charge is 0.244 e. The number of hydrogen-bond acceptors (Lipinski definition) is 6. The molecule has 1 aliphatic heterocycles. The van der Waals surface area contributed by atoms with Gasteiger partial charge in [-0.3, -0.25) is 4.90 Å². The van der Waals surface area contributed by atoms with Crippen molar-refractivity contribution in [3.8, 4) is 17.2 Å². The summed E-state index contributed by atoms with van der Waals surface area (Å²) in [5.74, 6) is 1.09. The van der Waals surface area contributed by atoms with Crippen LogP contribution in [0.3, 0.4) is 0 Å². The Hall–Kier alpha value is -2.00. The summed E-state index contributed by atoms with van der Waals surface area (Å²) in [5.41, 5.74) is 2.44. The highest BCUT2D eigenvalue weighted by molar-refractivity contribution is 7.89. The second-order valence-electron chi connectivity index (χ2n) is 6.87. The highest BCUT2D eigenvalue weighted by atomic mass is 35.5. The Bertz CT molecular complexity index is 981. The van der Waals surface area contributed by atoms with E-state index in [1.54, 1.807) is 14.2 Å². The third kappa shape index (κ3) is 5.14. The number of methoxy groups -OCH3 is 2. The van der Waals surface area contributed by atoms with Crippen molar-refractivity contribution in [2.24, 2.45) is 0 Å². The average molecular weight is 441 g/mol. The van der Waals surface area contributed by atoms with Crippen LogP contribution in [0.4, 0.5) is 0 Å². The first-order chi connectivity index (χ1) is 13.8. The number of nitrogens with one attached hydrogen (secondary N) is 1. The van der Waals surface area contributed by atoms with Gasteiger partial charge in [-0.2, -0.15) is 0 Å². The molecule has 29 heavy (non-hydrogen) atoms. The molecular formula is C20H25ClN2O5S. The number of phenolic OH excluding ortho intramolecular Hbond substituents is 1. The van der Waals surface area contributed by atoms with Gasteiger partial charge < -0.3 is 14.6 Å². The molecule has 1 aliphatic rings. The quantitative estimate of drug-likeness (QED) is 0.614. The van der Waals surface area contributed by atoms with E-state index in [-0.39, 0.29) is 22.2 Å². The summed E-state index contributed by atoms with van der Waals surface area (Å²) < 4.78 is 38.0. The van der Waals surface area contributed by atoms with Gasteiger partial charge in [0.05, 0.1) is 14.2 Å². The van der Waals surface area contributed by atoms with Crippen molar-refractivity contribution in [3.05, 3.63) is 46.5 Å². The van der Waals surface area contributed by atoms with Crippen LogP contribution in [0.25, 0.3) is 0 Å². The van der Waals surface area contributed by atoms with E-state index in [0.717, 1.165) is 31.8 Å². The molecule has 0 amide bonds. The highest BCUT2D eigenvalue weighted by Gasteiger charge is 2.21. The van der Waals surface area contributed by atoms with Crippen LogP contribution in [0.1, 0.15) is 17.5 Å². The SMILES string of the molecule is COc1cc2c(cc1OC)CN(CCCNS(=O)(=O)c1ccc(Cl)cc1O)CC2. The van der Waals surface area contributed by atoms with E-state index in [0.29, 0.717) is 12.2 Å². The minimum absolute atomic E-state index is 0.171. The zero-order valence-corrected chi connectivity index (χ0v) is 18.0. The van der Waals surface area contributed by atoms with Gasteiger partial charge in [0.15, 0.2) is 11.5 Å². The molecule has 0 unspecified atom stereocenters. The van der Waals surface area contributed by atoms with Crippen molar-refractivity contribution < 1.29 is 23.0 Å². The third-order valence-electron chi connectivity index (χ3n) is 4.95. The summed E-state index contributed by atoms with van der Waals surface area (Å²) in [6.45, 7) is 2.70. The van der Waals surface area contributed by atoms with Crippen LogP contribution in [-0.2, 0) is 23.0 Å². The van der Waals surface area contributed by atoms with Crippen molar-refractivity contribution in [1.82, 2.24) is 9.62 Å². The van der Waals surface area contributed by atoms with E-state index in [4.69, 9.17) is 21.1 Å². The topological polar surface area (TPSA) is 88.1 Å². The molecule has 0 fully saturated rings. The van der Waals surface area contributed by atoms with Gasteiger partial charge in [0.25, 0.3) is 0 Å². The number of nitrogens with zero attached hydrogens (tertiary/aromatic N) is 1. The number of sulfonamides is 1. The molecule has 0 saturated heterocycles. The number of hydrogen-bond donors (Lipinski definition) is 2. The molecule has 0 saturated carbocycles. The summed E-state index contributed by atoms with van der Waals surface area (Å²) in [5, 5.41) is 10.1. The Balaban J connectivity index is 1.54. The molecule has 0 aromatic heterocycles. The molecule has 3 rings (SSSR count). The number of halogens is 1. The van der Waals surface area contributed by atoms with Crippen LogP contribution < -0.4 is 14.2 Å². The maximum atomic E-state index is 12.4. The zero-order valence-electron chi connectivity index (χ0n) is 16.4. The summed E-state index contributed by atoms with van der Waals surface area (Å²) in [6.07, 6.45) is 1.55. The molecule has 2 N–H and O–H groups in total. The predicted molar refractivity (Wildman–Crippen MR) is 111 cm³/mol. The van der Waals surface area contributed by atoms with Gasteiger partial charge in [0.2, 0.25) is 10.0 Å². The third-order valence-corrected chi connectivity index (χ3v) is 6.69. The Morgan fingerprint density at radius 2 is 1.83 bits per heavy atom. The van der Waals surface area contributed by atoms with E-state index in [1.807, 2.05) is 12.1 Å². The fourth-order valence-electron chi connectivity index (χ4n) is 3.44. The maximum Gasteiger partial charge on any atom is 0.244 e. The fraction of sp³-hybridized carbons (Fsp3) is 0.400. The molecule has 0 atom stereocenters. The lowest BCUT2D eigenvalue weighted by Crippen LogP contribution is -2.33. The Labute approximate surface area is 176 Å². The first kappa shape index (κ1) is 21.7. The number of phenols is 1. The number of fused-ring (bicyclic) bond motifs is 1. The van der Waals surface area contributed by atoms with E-state index < -0.39 is 10.0 Å². The van der Waals surface area contributed by atoms with Gasteiger partial charge in [0.1, 0.15) is 10.6 Å². The first-order valence-corrected chi connectivity index (χ1v) is 11.1. The minimum atomic E-state index is -3.78. The van der Waals surface area contributed by atoms with Gasteiger partial charge in [-0.15, -0.1) is 0 Å². The Kier molecular flexibility index (Phi) is 6.89. The largest absolute Gasteiger partial charge is 0.506 e. The van der Waals surface area contributed by atoms with Gasteiger partial charge in [-0.25, -0.2) is 13.1 Å². The van der Waals surface area contributed by atoms with Gasteiger partial charge >= 0.3 is 0 Å². The predicted octanol–water partition coefficient (Wildman–Crippen LogP) is 2.79. The lowest BCUT2D eigenvalue weighted by Gasteiger charge is -2.29. The van der Waals surface area contributed by atoms with Crippen LogP contribution in [-0.4, -0.2) is 52.3 Å². The molecule has 0 radical (unpaired) electrons. The second kappa shape index (κ2) is 9.21. The monoisotopic (exact) mass is 440 g/mol. The fourth-order valence-corrected chi connectivity index (χ4v) is 4.75. The summed E-state index contributed by atoms with van der Waals surface area (Å²) >= 11 is 5.76. The lowest BCUT2D eigenvalue weighted by molar-refractivity contribution is 0.250. The van der Waals surface area contributed by atoms with Crippen molar-refractivity contribution in [2.45, 2.75) is 24.3 Å². The van der Waals surface area contributed by atoms with Crippen LogP contribution in [0.2, 0.25) is 5.02 Å². The van der Waals surface area contributed by atoms with Crippen molar-refractivity contribution in [1.29, 1.82) is 0 Å². The molecule has 2 aromatic carbocycles. The Morgan fingerprint density at radius 3 is 2.48 bits per heavy atom. The van der Waals surface area contributed by atoms with Gasteiger partial charge in [-0.05, 0) is 60.8 Å². The van der Waals surface area contributed by atoms with E-state index in [1.165, 1.54) is 29.3 Å². The molecule has 0 spiro atoms. The summed E-state index contributed by atoms with van der Waals surface area (Å²) in [6, 6.07) is 7.97. The highest BCUT2D eigenvalue weighted by Crippen LogP contribution is 2.33. The van der Waals surface area contributed by atoms with E-state index in [2.05, 4.69) is 9.62 Å². The average Bonchev–Trinajstić information content (AvgIpc) is 2.69. The molecule has 9 heteroatoms. The van der Waals surface area contributed by atoms with Crippen molar-refractivity contribution in [3.63, 3.8) is 0 Å². The minimum Gasteiger partial charge on any atom is -0.506 e. The van der Waals surface area contributed by atoms with Gasteiger partial charge in [-0.1, -0.05) is 11.6 Å². The van der Waals surface area contributed by atoms with Crippen LogP contribution in [0, 0.1) is 0 Å². The van der Waals surface area contributed by atoms with E-state index >= 15 is 0 Å². The molecule has 1 heterocycles. The van der Waals surface area contributed by atoms with Crippen molar-refractivity contribution >= 4 is 21.6 Å². The van der Waals surface area contributed by atoms with Crippen LogP contribution in [0.15, 0.2) is 35.2 Å². The van der Waals surface area contributed by atoms with Crippen molar-refractivity contribution in [2.75, 3.05) is 33.9 Å². The molecule has 7 nitrogen and oxygen atoms in total. The number of aromatic hydroxyl groups is 1. The van der Waals surface area contributed by atoms with Crippen LogP contribution in [0.5, 0.6) is 17.2 Å². The number of rotatable bonds is 8. The zero-order chi connectivity index (χ0) is 21.0. The summed E-state index contributed by atoms with van der Waals surface area (Å²) in [4.78, 5) is 2.11. The maximum absolute atomic E-state index is 12.4. The molecule has 158 valence electrons. The number of benzene rings is 2. The second-order valence-corrected chi connectivity index (χ2v) is 9.04. The van der Waals surface area contributed by atoms with E-state index in [9.17, 15) is 13.5 Å². The standard InChI is InChI=1S/C20H25ClN2O5S/c1-27-18-10-14-6-9-23(13-15(14)11-19(18)28-2)8-3-7-22-29(25,26)20-5-4-16(21)12-17(20)24/h4-5,10-12,22,24H,3,6-9,13H2,1-2H3. The normalized spacial score (nSPS) is 14.4. The van der Waals surface area contributed by atoms with Gasteiger partial charge in [0, 0.05) is 24.7 Å². The lowest BCUT2D eigenvalue weighted by atomic mass is 9.98. The Morgan fingerprint density at radius 1 is 1.14 bits per heavy atom. The van der Waals surface area contributed by atoms with Crippen LogP contribution >= 0.6 is 11.6 Å². The molecule has 0 bridgehead atoms.